The second-order valence-electron chi connectivity index (χ2n) is 8.38. The Balaban J connectivity index is 0.000000325. The monoisotopic (exact) mass is 479 g/mol. The van der Waals surface area contributed by atoms with E-state index in [1.54, 1.807) is 11.3 Å². The first-order valence-electron chi connectivity index (χ1n) is 10.4. The van der Waals surface area contributed by atoms with Gasteiger partial charge in [-0.05, 0) is 41.8 Å². The Labute approximate surface area is 193 Å². The summed E-state index contributed by atoms with van der Waals surface area (Å²) in [5.41, 5.74) is 5.06. The second-order valence-corrected chi connectivity index (χ2v) is 9.16. The SMILES string of the molecule is Cc1cccc(-c2cnc3n2CC2(CCN(Cc4ccsc4)C2)OC3)c1.O=C(O)C(F)(F)F. The number of benzene rings is 1. The van der Waals surface area contributed by atoms with Gasteiger partial charge in [0, 0.05) is 25.2 Å². The van der Waals surface area contributed by atoms with E-state index < -0.39 is 12.1 Å². The van der Waals surface area contributed by atoms with Crippen molar-refractivity contribution in [3.63, 3.8) is 0 Å². The van der Waals surface area contributed by atoms with Crippen molar-refractivity contribution < 1.29 is 27.8 Å². The van der Waals surface area contributed by atoms with Crippen molar-refractivity contribution in [1.82, 2.24) is 14.5 Å². The molecule has 3 aromatic rings. The first kappa shape index (κ1) is 23.5. The van der Waals surface area contributed by atoms with Crippen LogP contribution in [0, 0.1) is 6.92 Å². The van der Waals surface area contributed by atoms with Crippen molar-refractivity contribution in [2.75, 3.05) is 13.1 Å². The lowest BCUT2D eigenvalue weighted by Gasteiger charge is -2.35. The molecule has 176 valence electrons. The van der Waals surface area contributed by atoms with Gasteiger partial charge in [-0.2, -0.15) is 24.5 Å². The quantitative estimate of drug-likeness (QED) is 0.589. The van der Waals surface area contributed by atoms with Crippen molar-refractivity contribution in [3.05, 3.63) is 64.2 Å². The van der Waals surface area contributed by atoms with Crippen LogP contribution in [0.5, 0.6) is 0 Å². The Hall–Kier alpha value is -2.69. The highest BCUT2D eigenvalue weighted by Gasteiger charge is 2.43. The van der Waals surface area contributed by atoms with Crippen LogP contribution >= 0.6 is 11.3 Å². The number of aryl methyl sites for hydroxylation is 1. The third-order valence-electron chi connectivity index (χ3n) is 5.83. The summed E-state index contributed by atoms with van der Waals surface area (Å²) in [4.78, 5) is 16.0. The van der Waals surface area contributed by atoms with E-state index in [9.17, 15) is 13.2 Å². The molecule has 1 spiro atoms. The third kappa shape index (κ3) is 5.45. The number of carboxylic acids is 1. The van der Waals surface area contributed by atoms with Crippen LogP contribution < -0.4 is 0 Å². The Morgan fingerprint density at radius 1 is 1.30 bits per heavy atom. The van der Waals surface area contributed by atoms with E-state index in [2.05, 4.69) is 62.5 Å². The zero-order valence-corrected chi connectivity index (χ0v) is 18.8. The van der Waals surface area contributed by atoms with Crippen LogP contribution in [0.15, 0.2) is 47.3 Å². The first-order chi connectivity index (χ1) is 15.7. The molecule has 0 bridgehead atoms. The standard InChI is InChI=1S/C21H23N3OS.C2HF3O2/c1-16-3-2-4-18(9-16)19-10-22-20-12-25-21(15-24(19)20)6-7-23(14-21)11-17-5-8-26-13-17;3-2(4,5)1(6)7/h2-5,8-10,13H,6-7,11-12,14-15H2,1H3;(H,6,7). The molecule has 2 aliphatic rings. The van der Waals surface area contributed by atoms with E-state index in [0.717, 1.165) is 38.4 Å². The van der Waals surface area contributed by atoms with Crippen molar-refractivity contribution in [2.24, 2.45) is 0 Å². The lowest BCUT2D eigenvalue weighted by molar-refractivity contribution is -0.192. The van der Waals surface area contributed by atoms with Gasteiger partial charge in [0.15, 0.2) is 0 Å². The number of hydrogen-bond donors (Lipinski definition) is 1. The summed E-state index contributed by atoms with van der Waals surface area (Å²) < 4.78 is 40.5. The van der Waals surface area contributed by atoms with Crippen LogP contribution in [0.1, 0.15) is 23.4 Å². The molecule has 6 nitrogen and oxygen atoms in total. The molecule has 0 saturated carbocycles. The lowest BCUT2D eigenvalue weighted by atomic mass is 10.0. The molecule has 1 saturated heterocycles. The molecule has 1 unspecified atom stereocenters. The largest absolute Gasteiger partial charge is 0.490 e. The summed E-state index contributed by atoms with van der Waals surface area (Å²) in [5.74, 6) is -1.71. The smallest absolute Gasteiger partial charge is 0.475 e. The number of rotatable bonds is 3. The Kier molecular flexibility index (Phi) is 6.60. The number of alkyl halides is 3. The number of halogens is 3. The zero-order chi connectivity index (χ0) is 23.6. The second kappa shape index (κ2) is 9.28. The normalized spacial score (nSPS) is 20.4. The van der Waals surface area contributed by atoms with Crippen LogP contribution in [-0.4, -0.2) is 50.4 Å². The minimum Gasteiger partial charge on any atom is -0.475 e. The highest BCUT2D eigenvalue weighted by Crippen LogP contribution is 2.35. The molecule has 0 aliphatic carbocycles. The number of carboxylic acid groups (broad SMARTS) is 1. The highest BCUT2D eigenvalue weighted by molar-refractivity contribution is 7.07. The molecule has 2 aliphatic heterocycles. The first-order valence-corrected chi connectivity index (χ1v) is 11.4. The van der Waals surface area contributed by atoms with Crippen molar-refractivity contribution in [3.8, 4) is 11.3 Å². The zero-order valence-electron chi connectivity index (χ0n) is 18.0. The summed E-state index contributed by atoms with van der Waals surface area (Å²) in [6.07, 6.45) is -1.99. The van der Waals surface area contributed by atoms with Crippen LogP contribution in [0.4, 0.5) is 13.2 Å². The number of fused-ring (bicyclic) bond motifs is 1. The number of nitrogens with zero attached hydrogens (tertiary/aromatic N) is 3. The van der Waals surface area contributed by atoms with Gasteiger partial charge in [-0.1, -0.05) is 23.8 Å². The Bertz CT molecular complexity index is 1110. The van der Waals surface area contributed by atoms with Gasteiger partial charge in [0.1, 0.15) is 18.0 Å². The molecule has 5 rings (SSSR count). The summed E-state index contributed by atoms with van der Waals surface area (Å²) in [5, 5.41) is 11.5. The van der Waals surface area contributed by atoms with Crippen molar-refractivity contribution in [2.45, 2.75) is 44.8 Å². The van der Waals surface area contributed by atoms with Gasteiger partial charge in [-0.25, -0.2) is 9.78 Å². The van der Waals surface area contributed by atoms with Crippen LogP contribution in [0.25, 0.3) is 11.3 Å². The number of hydrogen-bond acceptors (Lipinski definition) is 5. The fraction of sp³-hybridized carbons (Fsp3) is 0.391. The van der Waals surface area contributed by atoms with E-state index in [-0.39, 0.29) is 5.60 Å². The molecule has 1 fully saturated rings. The Morgan fingerprint density at radius 3 is 2.76 bits per heavy atom. The minimum absolute atomic E-state index is 0.0811. The number of carbonyl (C=O) groups is 1. The maximum Gasteiger partial charge on any atom is 0.490 e. The third-order valence-corrected chi connectivity index (χ3v) is 6.56. The van der Waals surface area contributed by atoms with Crippen molar-refractivity contribution in [1.29, 1.82) is 0 Å². The molecule has 1 atom stereocenters. The highest BCUT2D eigenvalue weighted by atomic mass is 32.1. The molecular formula is C23H24F3N3O3S. The summed E-state index contributed by atoms with van der Waals surface area (Å²) >= 11 is 1.77. The van der Waals surface area contributed by atoms with E-state index in [4.69, 9.17) is 14.6 Å². The van der Waals surface area contributed by atoms with Crippen molar-refractivity contribution >= 4 is 17.3 Å². The number of imidazole rings is 1. The maximum atomic E-state index is 10.6. The lowest BCUT2D eigenvalue weighted by Crippen LogP contribution is -2.44. The van der Waals surface area contributed by atoms with Crippen LogP contribution in [0.3, 0.4) is 0 Å². The predicted molar refractivity (Wildman–Crippen MR) is 118 cm³/mol. The fourth-order valence-electron chi connectivity index (χ4n) is 4.24. The maximum absolute atomic E-state index is 10.6. The molecule has 1 N–H and O–H groups in total. The number of aliphatic carboxylic acids is 1. The average Bonchev–Trinajstić information content (AvgIpc) is 3.49. The van der Waals surface area contributed by atoms with Gasteiger partial charge >= 0.3 is 12.1 Å². The number of likely N-dealkylation sites (tertiary alicyclic amines) is 1. The van der Waals surface area contributed by atoms with E-state index in [1.807, 2.05) is 6.20 Å². The topological polar surface area (TPSA) is 67.6 Å². The van der Waals surface area contributed by atoms with Crippen LogP contribution in [-0.2, 0) is 29.2 Å². The number of ether oxygens (including phenoxy) is 1. The van der Waals surface area contributed by atoms with Gasteiger partial charge in [0.05, 0.1) is 18.4 Å². The van der Waals surface area contributed by atoms with Crippen LogP contribution in [0.2, 0.25) is 0 Å². The van der Waals surface area contributed by atoms with E-state index in [1.165, 1.54) is 22.4 Å². The average molecular weight is 480 g/mol. The summed E-state index contributed by atoms with van der Waals surface area (Å²) in [6, 6.07) is 10.9. The summed E-state index contributed by atoms with van der Waals surface area (Å²) in [7, 11) is 0. The fourth-order valence-corrected chi connectivity index (χ4v) is 4.90. The van der Waals surface area contributed by atoms with Gasteiger partial charge < -0.3 is 14.4 Å². The van der Waals surface area contributed by atoms with Gasteiger partial charge in [0.25, 0.3) is 0 Å². The van der Waals surface area contributed by atoms with E-state index in [0.29, 0.717) is 6.61 Å². The minimum atomic E-state index is -5.08. The molecule has 10 heteroatoms. The van der Waals surface area contributed by atoms with Gasteiger partial charge in [0.2, 0.25) is 0 Å². The molecule has 1 aromatic carbocycles. The molecule has 0 radical (unpaired) electrons. The van der Waals surface area contributed by atoms with E-state index >= 15 is 0 Å². The molecule has 2 aromatic heterocycles. The van der Waals surface area contributed by atoms with Gasteiger partial charge in [-0.3, -0.25) is 4.90 Å². The predicted octanol–water partition coefficient (Wildman–Crippen LogP) is 4.73. The van der Waals surface area contributed by atoms with Gasteiger partial charge in [-0.15, -0.1) is 0 Å². The summed E-state index contributed by atoms with van der Waals surface area (Å²) in [6.45, 7) is 6.76. The Morgan fingerprint density at radius 2 is 2.09 bits per heavy atom. The molecular weight excluding hydrogens is 455 g/mol. The molecule has 0 amide bonds. The number of aromatic nitrogens is 2. The molecule has 33 heavy (non-hydrogen) atoms. The molecule has 4 heterocycles. The number of thiophene rings is 1.